The van der Waals surface area contributed by atoms with Gasteiger partial charge in [-0.15, -0.1) is 0 Å². The molecule has 9 heteroatoms. The first kappa shape index (κ1) is 16.9. The third-order valence-electron chi connectivity index (χ3n) is 5.18. The Morgan fingerprint density at radius 1 is 1.07 bits per heavy atom. The summed E-state index contributed by atoms with van der Waals surface area (Å²) < 4.78 is 7.71. The van der Waals surface area contributed by atoms with Gasteiger partial charge in [-0.2, -0.15) is 5.10 Å². The molecule has 2 aliphatic rings. The van der Waals surface area contributed by atoms with Gasteiger partial charge in [-0.1, -0.05) is 0 Å². The van der Waals surface area contributed by atoms with E-state index in [9.17, 15) is 0 Å². The summed E-state index contributed by atoms with van der Waals surface area (Å²) in [7, 11) is 0. The SMILES string of the molecule is Brc1cn2ncnc2c(Nc2ccc(N3CCN(C4COC4)CC3)cc2)n1. The maximum atomic E-state index is 5.31. The highest BCUT2D eigenvalue weighted by atomic mass is 79.9. The normalized spacial score (nSPS) is 18.6. The third-order valence-corrected chi connectivity index (χ3v) is 5.56. The molecule has 2 aromatic heterocycles. The molecule has 8 nitrogen and oxygen atoms in total. The predicted molar refractivity (Wildman–Crippen MR) is 107 cm³/mol. The molecule has 0 bridgehead atoms. The minimum Gasteiger partial charge on any atom is -0.378 e. The van der Waals surface area contributed by atoms with Gasteiger partial charge in [0.1, 0.15) is 10.9 Å². The second-order valence-corrected chi connectivity index (χ2v) is 7.64. The standard InChI is InChI=1S/C18H20BrN7O/c19-16-9-26-18(20-12-21-26)17(23-16)22-13-1-3-14(4-2-13)24-5-7-25(8-6-24)15-10-27-11-15/h1-4,9,12,15H,5-8,10-11H2,(H,22,23). The molecular weight excluding hydrogens is 410 g/mol. The topological polar surface area (TPSA) is 70.8 Å². The lowest BCUT2D eigenvalue weighted by molar-refractivity contribution is -0.0660. The number of fused-ring (bicyclic) bond motifs is 1. The van der Waals surface area contributed by atoms with Crippen molar-refractivity contribution < 1.29 is 4.74 Å². The van der Waals surface area contributed by atoms with Gasteiger partial charge in [0.2, 0.25) is 0 Å². The van der Waals surface area contributed by atoms with Crippen molar-refractivity contribution in [3.05, 3.63) is 41.4 Å². The zero-order chi connectivity index (χ0) is 18.2. The summed E-state index contributed by atoms with van der Waals surface area (Å²) in [5, 5.41) is 7.50. The fourth-order valence-electron chi connectivity index (χ4n) is 3.56. The van der Waals surface area contributed by atoms with E-state index in [-0.39, 0.29) is 0 Å². The van der Waals surface area contributed by atoms with Gasteiger partial charge in [-0.25, -0.2) is 14.5 Å². The van der Waals surface area contributed by atoms with Crippen LogP contribution in [0, 0.1) is 0 Å². The van der Waals surface area contributed by atoms with Gasteiger partial charge in [0.15, 0.2) is 11.5 Å². The average molecular weight is 430 g/mol. The van der Waals surface area contributed by atoms with Crippen LogP contribution in [-0.4, -0.2) is 69.9 Å². The molecule has 0 spiro atoms. The largest absolute Gasteiger partial charge is 0.378 e. The Morgan fingerprint density at radius 3 is 2.56 bits per heavy atom. The number of aromatic nitrogens is 4. The fraction of sp³-hybridized carbons (Fsp3) is 0.389. The number of anilines is 3. The van der Waals surface area contributed by atoms with Crippen LogP contribution in [0.1, 0.15) is 0 Å². The number of rotatable bonds is 4. The van der Waals surface area contributed by atoms with E-state index in [0.29, 0.717) is 22.1 Å². The quantitative estimate of drug-likeness (QED) is 0.680. The summed E-state index contributed by atoms with van der Waals surface area (Å²) in [5.74, 6) is 0.672. The minimum atomic E-state index is 0.630. The van der Waals surface area contributed by atoms with Gasteiger partial charge in [-0.3, -0.25) is 4.90 Å². The van der Waals surface area contributed by atoms with Crippen molar-refractivity contribution >= 4 is 38.8 Å². The van der Waals surface area contributed by atoms with Gasteiger partial charge < -0.3 is 15.0 Å². The van der Waals surface area contributed by atoms with Crippen LogP contribution < -0.4 is 10.2 Å². The van der Waals surface area contributed by atoms with Crippen LogP contribution in [0.4, 0.5) is 17.2 Å². The van der Waals surface area contributed by atoms with Crippen molar-refractivity contribution in [3.8, 4) is 0 Å². The summed E-state index contributed by atoms with van der Waals surface area (Å²) in [6.45, 7) is 6.09. The molecule has 2 aliphatic heterocycles. The maximum Gasteiger partial charge on any atom is 0.198 e. The number of ether oxygens (including phenoxy) is 1. The van der Waals surface area contributed by atoms with Crippen LogP contribution in [0.2, 0.25) is 0 Å². The molecule has 140 valence electrons. The molecule has 1 N–H and O–H groups in total. The zero-order valence-electron chi connectivity index (χ0n) is 14.8. The van der Waals surface area contributed by atoms with Crippen LogP contribution in [0.3, 0.4) is 0 Å². The molecule has 0 radical (unpaired) electrons. The van der Waals surface area contributed by atoms with E-state index in [1.165, 1.54) is 12.0 Å². The van der Waals surface area contributed by atoms with E-state index in [2.05, 4.69) is 70.4 Å². The summed E-state index contributed by atoms with van der Waals surface area (Å²) >= 11 is 3.41. The van der Waals surface area contributed by atoms with E-state index < -0.39 is 0 Å². The van der Waals surface area contributed by atoms with Gasteiger partial charge in [0.25, 0.3) is 0 Å². The summed E-state index contributed by atoms with van der Waals surface area (Å²) in [4.78, 5) is 13.7. The molecular formula is C18H20BrN7O. The Morgan fingerprint density at radius 2 is 1.85 bits per heavy atom. The van der Waals surface area contributed by atoms with Crippen molar-refractivity contribution in [2.45, 2.75) is 6.04 Å². The van der Waals surface area contributed by atoms with E-state index in [4.69, 9.17) is 4.74 Å². The third kappa shape index (κ3) is 3.38. The zero-order valence-corrected chi connectivity index (χ0v) is 16.3. The number of hydrogen-bond acceptors (Lipinski definition) is 7. The first-order valence-electron chi connectivity index (χ1n) is 9.06. The first-order valence-corrected chi connectivity index (χ1v) is 9.85. The highest BCUT2D eigenvalue weighted by Crippen LogP contribution is 2.24. The number of hydrogen-bond donors (Lipinski definition) is 1. The summed E-state index contributed by atoms with van der Waals surface area (Å²) in [6, 6.07) is 9.10. The lowest BCUT2D eigenvalue weighted by Crippen LogP contribution is -2.56. The Labute approximate surface area is 165 Å². The van der Waals surface area contributed by atoms with Gasteiger partial charge >= 0.3 is 0 Å². The van der Waals surface area contributed by atoms with Crippen LogP contribution in [0.25, 0.3) is 5.65 Å². The highest BCUT2D eigenvalue weighted by Gasteiger charge is 2.28. The van der Waals surface area contributed by atoms with Crippen molar-refractivity contribution in [1.82, 2.24) is 24.5 Å². The molecule has 5 rings (SSSR count). The van der Waals surface area contributed by atoms with Crippen molar-refractivity contribution in [2.75, 3.05) is 49.6 Å². The number of benzene rings is 1. The summed E-state index contributed by atoms with van der Waals surface area (Å²) in [6.07, 6.45) is 3.30. The highest BCUT2D eigenvalue weighted by molar-refractivity contribution is 9.10. The lowest BCUT2D eigenvalue weighted by Gasteiger charge is -2.43. The van der Waals surface area contributed by atoms with Gasteiger partial charge in [0.05, 0.1) is 25.5 Å². The Hall–Kier alpha value is -2.23. The maximum absolute atomic E-state index is 5.31. The van der Waals surface area contributed by atoms with E-state index in [1.807, 2.05) is 0 Å². The van der Waals surface area contributed by atoms with Crippen molar-refractivity contribution in [1.29, 1.82) is 0 Å². The molecule has 0 atom stereocenters. The molecule has 27 heavy (non-hydrogen) atoms. The molecule has 4 heterocycles. The summed E-state index contributed by atoms with van der Waals surface area (Å²) in [5.41, 5.74) is 2.91. The van der Waals surface area contributed by atoms with Crippen molar-refractivity contribution in [3.63, 3.8) is 0 Å². The fourth-order valence-corrected chi connectivity index (χ4v) is 3.93. The van der Waals surface area contributed by atoms with Crippen molar-refractivity contribution in [2.24, 2.45) is 0 Å². The number of piperazine rings is 1. The Kier molecular flexibility index (Phi) is 4.42. The minimum absolute atomic E-state index is 0.630. The second kappa shape index (κ2) is 7.06. The van der Waals surface area contributed by atoms with Crippen LogP contribution in [0.15, 0.2) is 41.4 Å². The number of halogens is 1. The molecule has 0 amide bonds. The van der Waals surface area contributed by atoms with Gasteiger partial charge in [0, 0.05) is 37.6 Å². The predicted octanol–water partition coefficient (Wildman–Crippen LogP) is 2.15. The smallest absolute Gasteiger partial charge is 0.198 e. The molecule has 1 aromatic carbocycles. The Bertz CT molecular complexity index is 933. The van der Waals surface area contributed by atoms with Gasteiger partial charge in [-0.05, 0) is 40.2 Å². The molecule has 0 saturated carbocycles. The lowest BCUT2D eigenvalue weighted by atomic mass is 10.1. The van der Waals surface area contributed by atoms with Crippen LogP contribution >= 0.6 is 15.9 Å². The number of nitrogens with zero attached hydrogens (tertiary/aromatic N) is 6. The Balaban J connectivity index is 1.27. The van der Waals surface area contributed by atoms with E-state index >= 15 is 0 Å². The molecule has 2 fully saturated rings. The molecule has 3 aromatic rings. The molecule has 2 saturated heterocycles. The average Bonchev–Trinajstić information content (AvgIpc) is 3.10. The van der Waals surface area contributed by atoms with E-state index in [0.717, 1.165) is 45.1 Å². The van der Waals surface area contributed by atoms with Crippen LogP contribution in [-0.2, 0) is 4.74 Å². The first-order chi connectivity index (χ1) is 13.3. The molecule has 0 aliphatic carbocycles. The number of nitrogens with one attached hydrogen (secondary N) is 1. The monoisotopic (exact) mass is 429 g/mol. The van der Waals surface area contributed by atoms with E-state index in [1.54, 1.807) is 10.7 Å². The van der Waals surface area contributed by atoms with Crippen LogP contribution in [0.5, 0.6) is 0 Å². The second-order valence-electron chi connectivity index (χ2n) is 6.83. The molecule has 0 unspecified atom stereocenters.